The van der Waals surface area contributed by atoms with Crippen molar-refractivity contribution in [1.82, 2.24) is 5.43 Å². The van der Waals surface area contributed by atoms with Gasteiger partial charge < -0.3 is 0 Å². The van der Waals surface area contributed by atoms with E-state index in [1.165, 1.54) is 23.8 Å². The zero-order valence-electron chi connectivity index (χ0n) is 12.9. The first kappa shape index (κ1) is 16.4. The highest BCUT2D eigenvalue weighted by molar-refractivity contribution is 5.95. The largest absolute Gasteiger partial charge is 0.272 e. The third-order valence-electron chi connectivity index (χ3n) is 3.42. The van der Waals surface area contributed by atoms with E-state index >= 15 is 0 Å². The minimum absolute atomic E-state index is 0.0129. The van der Waals surface area contributed by atoms with Crippen molar-refractivity contribution < 1.29 is 9.72 Å². The van der Waals surface area contributed by atoms with Crippen LogP contribution >= 0.6 is 0 Å². The number of nitrogens with zero attached hydrogens (tertiary/aromatic N) is 2. The number of hydrogen-bond acceptors (Lipinski definition) is 4. The van der Waals surface area contributed by atoms with Gasteiger partial charge in [-0.1, -0.05) is 31.2 Å². The molecule has 2 aromatic rings. The van der Waals surface area contributed by atoms with E-state index in [0.717, 1.165) is 12.0 Å². The van der Waals surface area contributed by atoms with Crippen LogP contribution in [-0.2, 0) is 6.42 Å². The maximum atomic E-state index is 12.0. The van der Waals surface area contributed by atoms with Gasteiger partial charge in [0.25, 0.3) is 11.6 Å². The SMILES string of the molecule is CCc1ccc(C=NNC(=O)c2ccc([N+](=O)[O-])c(C)c2)cc1. The van der Waals surface area contributed by atoms with Crippen molar-refractivity contribution in [3.8, 4) is 0 Å². The number of nitrogens with one attached hydrogen (secondary N) is 1. The van der Waals surface area contributed by atoms with Crippen LogP contribution in [0.2, 0.25) is 0 Å². The molecular formula is C17H17N3O3. The van der Waals surface area contributed by atoms with E-state index in [9.17, 15) is 14.9 Å². The maximum absolute atomic E-state index is 12.0. The van der Waals surface area contributed by atoms with Gasteiger partial charge in [-0.15, -0.1) is 0 Å². The lowest BCUT2D eigenvalue weighted by Crippen LogP contribution is -2.17. The summed E-state index contributed by atoms with van der Waals surface area (Å²) in [5.74, 6) is -0.413. The standard InChI is InChI=1S/C17H17N3O3/c1-3-13-4-6-14(7-5-13)11-18-19-17(21)15-8-9-16(20(22)23)12(2)10-15/h4-11H,3H2,1-2H3,(H,19,21). The van der Waals surface area contributed by atoms with Crippen LogP contribution in [-0.4, -0.2) is 17.0 Å². The Morgan fingerprint density at radius 1 is 1.26 bits per heavy atom. The van der Waals surface area contributed by atoms with Crippen molar-refractivity contribution in [2.24, 2.45) is 5.10 Å². The number of hydrazone groups is 1. The lowest BCUT2D eigenvalue weighted by molar-refractivity contribution is -0.385. The van der Waals surface area contributed by atoms with Gasteiger partial charge in [-0.2, -0.15) is 5.10 Å². The summed E-state index contributed by atoms with van der Waals surface area (Å²) in [5.41, 5.74) is 5.26. The molecule has 0 heterocycles. The first-order chi connectivity index (χ1) is 11.0. The molecule has 0 atom stereocenters. The smallest absolute Gasteiger partial charge is 0.267 e. The molecule has 1 amide bonds. The van der Waals surface area contributed by atoms with Crippen molar-refractivity contribution in [2.75, 3.05) is 0 Å². The normalized spacial score (nSPS) is 10.7. The molecule has 0 fully saturated rings. The van der Waals surface area contributed by atoms with Crippen molar-refractivity contribution >= 4 is 17.8 Å². The monoisotopic (exact) mass is 311 g/mol. The Bertz CT molecular complexity index is 752. The number of amides is 1. The van der Waals surface area contributed by atoms with E-state index in [4.69, 9.17) is 0 Å². The highest BCUT2D eigenvalue weighted by Crippen LogP contribution is 2.18. The third-order valence-corrected chi connectivity index (χ3v) is 3.42. The van der Waals surface area contributed by atoms with Crippen LogP contribution in [0.25, 0.3) is 0 Å². The Balaban J connectivity index is 2.02. The van der Waals surface area contributed by atoms with Gasteiger partial charge in [0.2, 0.25) is 0 Å². The van der Waals surface area contributed by atoms with Gasteiger partial charge in [0.05, 0.1) is 11.1 Å². The Hall–Kier alpha value is -3.02. The molecule has 0 aromatic heterocycles. The molecule has 0 aliphatic heterocycles. The molecule has 118 valence electrons. The van der Waals surface area contributed by atoms with E-state index in [0.29, 0.717) is 11.1 Å². The first-order valence-corrected chi connectivity index (χ1v) is 7.18. The number of nitro benzene ring substituents is 1. The molecule has 2 aromatic carbocycles. The topological polar surface area (TPSA) is 84.6 Å². The van der Waals surface area contributed by atoms with Gasteiger partial charge in [0, 0.05) is 17.2 Å². The van der Waals surface area contributed by atoms with Gasteiger partial charge in [0.15, 0.2) is 0 Å². The Morgan fingerprint density at radius 2 is 1.96 bits per heavy atom. The van der Waals surface area contributed by atoms with Gasteiger partial charge in [-0.05, 0) is 36.6 Å². The maximum Gasteiger partial charge on any atom is 0.272 e. The van der Waals surface area contributed by atoms with Gasteiger partial charge in [-0.3, -0.25) is 14.9 Å². The molecule has 0 unspecified atom stereocenters. The molecule has 6 nitrogen and oxygen atoms in total. The predicted octanol–water partition coefficient (Wildman–Crippen LogP) is 3.23. The van der Waals surface area contributed by atoms with Crippen molar-refractivity contribution in [3.05, 3.63) is 74.8 Å². The van der Waals surface area contributed by atoms with Crippen LogP contribution < -0.4 is 5.43 Å². The fourth-order valence-electron chi connectivity index (χ4n) is 2.07. The fourth-order valence-corrected chi connectivity index (χ4v) is 2.07. The van der Waals surface area contributed by atoms with Gasteiger partial charge in [-0.25, -0.2) is 5.43 Å². The van der Waals surface area contributed by atoms with Crippen molar-refractivity contribution in [2.45, 2.75) is 20.3 Å². The predicted molar refractivity (Wildman–Crippen MR) is 88.7 cm³/mol. The Kier molecular flexibility index (Phi) is 5.19. The van der Waals surface area contributed by atoms with Crippen LogP contribution in [0.15, 0.2) is 47.6 Å². The highest BCUT2D eigenvalue weighted by Gasteiger charge is 2.13. The summed E-state index contributed by atoms with van der Waals surface area (Å²) in [6.45, 7) is 3.67. The summed E-state index contributed by atoms with van der Waals surface area (Å²) >= 11 is 0. The zero-order valence-corrected chi connectivity index (χ0v) is 12.9. The van der Waals surface area contributed by atoms with Crippen LogP contribution in [0.5, 0.6) is 0 Å². The Morgan fingerprint density at radius 3 is 2.52 bits per heavy atom. The number of benzene rings is 2. The molecule has 2 rings (SSSR count). The fraction of sp³-hybridized carbons (Fsp3) is 0.176. The molecule has 0 aliphatic rings. The number of nitro groups is 1. The van der Waals surface area contributed by atoms with Crippen LogP contribution in [0.4, 0.5) is 5.69 Å². The third kappa shape index (κ3) is 4.23. The quantitative estimate of drug-likeness (QED) is 0.522. The second-order valence-electron chi connectivity index (χ2n) is 5.05. The minimum atomic E-state index is -0.477. The Labute approximate surface area is 134 Å². The van der Waals surface area contributed by atoms with Crippen molar-refractivity contribution in [3.63, 3.8) is 0 Å². The molecular weight excluding hydrogens is 294 g/mol. The lowest BCUT2D eigenvalue weighted by atomic mass is 10.1. The summed E-state index contributed by atoms with van der Waals surface area (Å²) in [5, 5.41) is 14.7. The molecule has 0 radical (unpaired) electrons. The summed E-state index contributed by atoms with van der Waals surface area (Å²) < 4.78 is 0. The van der Waals surface area contributed by atoms with Gasteiger partial charge in [0.1, 0.15) is 0 Å². The summed E-state index contributed by atoms with van der Waals surface area (Å²) in [6.07, 6.45) is 2.52. The summed E-state index contributed by atoms with van der Waals surface area (Å²) in [6, 6.07) is 12.0. The number of aryl methyl sites for hydroxylation is 2. The molecule has 0 spiro atoms. The number of hydrogen-bond donors (Lipinski definition) is 1. The van der Waals surface area contributed by atoms with Gasteiger partial charge >= 0.3 is 0 Å². The molecule has 6 heteroatoms. The second-order valence-corrected chi connectivity index (χ2v) is 5.05. The van der Waals surface area contributed by atoms with Crippen LogP contribution in [0.1, 0.15) is 34.0 Å². The number of rotatable bonds is 5. The average Bonchev–Trinajstić information content (AvgIpc) is 2.55. The summed E-state index contributed by atoms with van der Waals surface area (Å²) in [4.78, 5) is 22.3. The van der Waals surface area contributed by atoms with E-state index in [1.807, 2.05) is 24.3 Å². The highest BCUT2D eigenvalue weighted by atomic mass is 16.6. The minimum Gasteiger partial charge on any atom is -0.267 e. The molecule has 1 N–H and O–H groups in total. The number of carbonyl (C=O) groups excluding carboxylic acids is 1. The van der Waals surface area contributed by atoms with E-state index in [-0.39, 0.29) is 5.69 Å². The number of carbonyl (C=O) groups is 1. The first-order valence-electron chi connectivity index (χ1n) is 7.18. The summed E-state index contributed by atoms with van der Waals surface area (Å²) in [7, 11) is 0. The molecule has 23 heavy (non-hydrogen) atoms. The second kappa shape index (κ2) is 7.31. The van der Waals surface area contributed by atoms with E-state index < -0.39 is 10.8 Å². The molecule has 0 bridgehead atoms. The van der Waals surface area contributed by atoms with Crippen molar-refractivity contribution in [1.29, 1.82) is 0 Å². The molecule has 0 saturated carbocycles. The lowest BCUT2D eigenvalue weighted by Gasteiger charge is -2.02. The zero-order chi connectivity index (χ0) is 16.8. The molecule has 0 saturated heterocycles. The van der Waals surface area contributed by atoms with E-state index in [1.54, 1.807) is 13.1 Å². The van der Waals surface area contributed by atoms with Crippen LogP contribution in [0, 0.1) is 17.0 Å². The molecule has 0 aliphatic carbocycles. The average molecular weight is 311 g/mol. The van der Waals surface area contributed by atoms with E-state index in [2.05, 4.69) is 17.5 Å². The van der Waals surface area contributed by atoms with Crippen LogP contribution in [0.3, 0.4) is 0 Å².